The molecule has 0 spiro atoms. The molecule has 8 heteroatoms. The normalized spacial score (nSPS) is 13.6. The Morgan fingerprint density at radius 3 is 2.58 bits per heavy atom. The maximum Gasteiger partial charge on any atom is 0.269 e. The van der Waals surface area contributed by atoms with Crippen molar-refractivity contribution >= 4 is 17.2 Å². The summed E-state index contributed by atoms with van der Waals surface area (Å²) in [5, 5.41) is 19.5. The van der Waals surface area contributed by atoms with Gasteiger partial charge in [0.15, 0.2) is 11.5 Å². The lowest BCUT2D eigenvalue weighted by Crippen LogP contribution is -2.25. The Bertz CT molecular complexity index is 1550. The van der Waals surface area contributed by atoms with Gasteiger partial charge in [0.25, 0.3) is 5.69 Å². The number of nitro groups is 1. The summed E-state index contributed by atoms with van der Waals surface area (Å²) in [6.45, 7) is 9.96. The molecule has 5 rings (SSSR count). The van der Waals surface area contributed by atoms with Gasteiger partial charge in [0.05, 0.1) is 28.9 Å². The van der Waals surface area contributed by atoms with Crippen molar-refractivity contribution in [3.8, 4) is 5.69 Å². The highest BCUT2D eigenvalue weighted by Gasteiger charge is 2.25. The van der Waals surface area contributed by atoms with Crippen molar-refractivity contribution in [1.29, 1.82) is 0 Å². The molecule has 0 aliphatic heterocycles. The predicted octanol–water partition coefficient (Wildman–Crippen LogP) is 6.15. The third kappa shape index (κ3) is 5.69. The van der Waals surface area contributed by atoms with Crippen LogP contribution in [0.25, 0.3) is 10.5 Å². The van der Waals surface area contributed by atoms with Crippen LogP contribution in [0.3, 0.4) is 0 Å². The van der Waals surface area contributed by atoms with E-state index in [0.717, 1.165) is 23.2 Å². The van der Waals surface area contributed by atoms with Crippen LogP contribution in [0.1, 0.15) is 51.8 Å². The number of non-ortho nitro benzene ring substituents is 1. The molecular weight excluding hydrogens is 478 g/mol. The fraction of sp³-hybridized carbons (Fsp3) is 0.233. The lowest BCUT2D eigenvalue weighted by Gasteiger charge is -2.20. The van der Waals surface area contributed by atoms with E-state index < -0.39 is 0 Å². The van der Waals surface area contributed by atoms with Gasteiger partial charge >= 0.3 is 0 Å². The Labute approximate surface area is 220 Å². The number of aromatic nitrogens is 2. The molecule has 1 heterocycles. The van der Waals surface area contributed by atoms with Crippen molar-refractivity contribution in [1.82, 2.24) is 15.1 Å². The van der Waals surface area contributed by atoms with Crippen molar-refractivity contribution < 1.29 is 9.72 Å². The number of rotatable bonds is 10. The van der Waals surface area contributed by atoms with Crippen LogP contribution >= 0.6 is 0 Å². The SMILES string of the molecule is [C-]#[N+]c1cccc(-n2nc(C)cc2C(=O)Cc2cccc(C(NCC3CC3)c3cccc([N+](=O)[O-])c3)c2)c1. The Morgan fingerprint density at radius 2 is 1.84 bits per heavy atom. The third-order valence-electron chi connectivity index (χ3n) is 6.69. The van der Waals surface area contributed by atoms with Gasteiger partial charge in [-0.05, 0) is 67.1 Å². The second kappa shape index (κ2) is 10.8. The van der Waals surface area contributed by atoms with Gasteiger partial charge in [-0.25, -0.2) is 9.53 Å². The summed E-state index contributed by atoms with van der Waals surface area (Å²) in [5.74, 6) is 0.541. The molecule has 0 amide bonds. The van der Waals surface area contributed by atoms with Crippen LogP contribution in [-0.2, 0) is 6.42 Å². The molecule has 8 nitrogen and oxygen atoms in total. The molecule has 3 aromatic carbocycles. The number of hydrogen-bond acceptors (Lipinski definition) is 5. The first-order chi connectivity index (χ1) is 18.4. The highest BCUT2D eigenvalue weighted by molar-refractivity contribution is 5.96. The molecule has 1 saturated carbocycles. The fourth-order valence-electron chi connectivity index (χ4n) is 4.60. The van der Waals surface area contributed by atoms with E-state index in [4.69, 9.17) is 6.57 Å². The number of nitro benzene ring substituents is 1. The van der Waals surface area contributed by atoms with Crippen LogP contribution in [0.2, 0.25) is 0 Å². The van der Waals surface area contributed by atoms with Crippen molar-refractivity contribution in [3.63, 3.8) is 0 Å². The Balaban J connectivity index is 1.43. The minimum absolute atomic E-state index is 0.0537. The van der Waals surface area contributed by atoms with Crippen LogP contribution in [0.5, 0.6) is 0 Å². The molecule has 1 fully saturated rings. The van der Waals surface area contributed by atoms with Crippen molar-refractivity contribution in [3.05, 3.63) is 128 Å². The molecule has 0 saturated heterocycles. The molecule has 0 radical (unpaired) electrons. The van der Waals surface area contributed by atoms with Gasteiger partial charge in [-0.15, -0.1) is 0 Å². The van der Waals surface area contributed by atoms with Crippen molar-refractivity contribution in [2.45, 2.75) is 32.2 Å². The van der Waals surface area contributed by atoms with E-state index in [2.05, 4.69) is 15.3 Å². The standard InChI is InChI=1S/C30H27N5O3/c1-20-14-28(34(33-20)26-10-5-9-25(18-26)31-2)29(36)16-22-6-3-7-23(15-22)30(32-19-21-12-13-21)24-8-4-11-27(17-24)35(37)38/h3-11,14-15,17-18,21,30,32H,12-13,16,19H2,1H3. The number of hydrogen-bond donors (Lipinski definition) is 1. The molecular formula is C30H27N5O3. The van der Waals surface area contributed by atoms with Crippen LogP contribution in [0.15, 0.2) is 78.9 Å². The maximum atomic E-state index is 13.5. The molecule has 0 bridgehead atoms. The monoisotopic (exact) mass is 505 g/mol. The van der Waals surface area contributed by atoms with E-state index in [-0.39, 0.29) is 28.9 Å². The largest absolute Gasteiger partial charge is 0.306 e. The van der Waals surface area contributed by atoms with E-state index >= 15 is 0 Å². The Hall–Kier alpha value is -4.61. The molecule has 1 atom stereocenters. The lowest BCUT2D eigenvalue weighted by atomic mass is 9.95. The van der Waals surface area contributed by atoms with Crippen LogP contribution in [0, 0.1) is 29.5 Å². The van der Waals surface area contributed by atoms with Gasteiger partial charge in [0.2, 0.25) is 0 Å². The summed E-state index contributed by atoms with van der Waals surface area (Å²) in [6, 6.07) is 23.1. The zero-order chi connectivity index (χ0) is 26.6. The summed E-state index contributed by atoms with van der Waals surface area (Å²) in [7, 11) is 0. The summed E-state index contributed by atoms with van der Waals surface area (Å²) < 4.78 is 1.60. The first-order valence-electron chi connectivity index (χ1n) is 12.6. The highest BCUT2D eigenvalue weighted by Crippen LogP contribution is 2.31. The minimum Gasteiger partial charge on any atom is -0.306 e. The van der Waals surface area contributed by atoms with Gasteiger partial charge in [-0.3, -0.25) is 14.9 Å². The average Bonchev–Trinajstić information content (AvgIpc) is 3.67. The number of benzene rings is 3. The van der Waals surface area contributed by atoms with E-state index in [1.54, 1.807) is 41.1 Å². The molecule has 38 heavy (non-hydrogen) atoms. The van der Waals surface area contributed by atoms with Gasteiger partial charge in [-0.1, -0.05) is 48.5 Å². The van der Waals surface area contributed by atoms with Crippen LogP contribution in [0.4, 0.5) is 11.4 Å². The Kier molecular flexibility index (Phi) is 7.11. The number of aryl methyl sites for hydroxylation is 1. The van der Waals surface area contributed by atoms with Gasteiger partial charge in [-0.2, -0.15) is 5.10 Å². The molecule has 1 N–H and O–H groups in total. The number of carbonyl (C=O) groups excluding carboxylic acids is 1. The second-order valence-corrected chi connectivity index (χ2v) is 9.70. The van der Waals surface area contributed by atoms with Crippen LogP contribution in [-0.4, -0.2) is 27.0 Å². The van der Waals surface area contributed by atoms with Crippen molar-refractivity contribution in [2.24, 2.45) is 5.92 Å². The van der Waals surface area contributed by atoms with E-state index in [1.165, 1.54) is 18.9 Å². The molecule has 1 aliphatic rings. The van der Waals surface area contributed by atoms with E-state index in [9.17, 15) is 14.9 Å². The smallest absolute Gasteiger partial charge is 0.269 e. The van der Waals surface area contributed by atoms with Crippen molar-refractivity contribution in [2.75, 3.05) is 6.54 Å². The molecule has 1 aliphatic carbocycles. The highest BCUT2D eigenvalue weighted by atomic mass is 16.6. The molecule has 1 unspecified atom stereocenters. The quantitative estimate of drug-likeness (QED) is 0.121. The number of carbonyl (C=O) groups is 1. The number of nitrogens with one attached hydrogen (secondary N) is 1. The molecule has 4 aromatic rings. The van der Waals surface area contributed by atoms with Gasteiger partial charge in [0, 0.05) is 18.6 Å². The number of nitrogens with zero attached hydrogens (tertiary/aromatic N) is 4. The summed E-state index contributed by atoms with van der Waals surface area (Å²) in [4.78, 5) is 28.0. The molecule has 1 aromatic heterocycles. The second-order valence-electron chi connectivity index (χ2n) is 9.70. The first-order valence-corrected chi connectivity index (χ1v) is 12.6. The van der Waals surface area contributed by atoms with E-state index in [1.807, 2.05) is 43.3 Å². The molecule has 190 valence electrons. The summed E-state index contributed by atoms with van der Waals surface area (Å²) >= 11 is 0. The van der Waals surface area contributed by atoms with Gasteiger partial charge in [0.1, 0.15) is 5.69 Å². The third-order valence-corrected chi connectivity index (χ3v) is 6.69. The maximum absolute atomic E-state index is 13.5. The lowest BCUT2D eigenvalue weighted by molar-refractivity contribution is -0.384. The summed E-state index contributed by atoms with van der Waals surface area (Å²) in [5.41, 5.74) is 4.98. The minimum atomic E-state index is -0.379. The zero-order valence-electron chi connectivity index (χ0n) is 21.0. The Morgan fingerprint density at radius 1 is 1.11 bits per heavy atom. The number of ketones is 1. The average molecular weight is 506 g/mol. The fourth-order valence-corrected chi connectivity index (χ4v) is 4.60. The zero-order valence-corrected chi connectivity index (χ0v) is 21.0. The first kappa shape index (κ1) is 25.1. The summed E-state index contributed by atoms with van der Waals surface area (Å²) in [6.07, 6.45) is 2.55. The van der Waals surface area contributed by atoms with Crippen LogP contribution < -0.4 is 5.32 Å². The predicted molar refractivity (Wildman–Crippen MR) is 145 cm³/mol. The van der Waals surface area contributed by atoms with Gasteiger partial charge < -0.3 is 5.32 Å². The topological polar surface area (TPSA) is 94.4 Å². The number of Topliss-reactive ketones (excluding diaryl/α,β-unsaturated/α-hetero) is 1. The van der Waals surface area contributed by atoms with E-state index in [0.29, 0.717) is 28.7 Å².